The summed E-state index contributed by atoms with van der Waals surface area (Å²) < 4.78 is 35.1. The first-order chi connectivity index (χ1) is 5.02. The Morgan fingerprint density at radius 2 is 1.82 bits per heavy atom. The third kappa shape index (κ3) is 3.75. The second-order valence-electron chi connectivity index (χ2n) is 2.03. The highest BCUT2D eigenvalue weighted by Gasteiger charge is 2.38. The predicted octanol–water partition coefficient (Wildman–Crippen LogP) is 1.34. The summed E-state index contributed by atoms with van der Waals surface area (Å²) in [6.07, 6.45) is -5.00. The van der Waals surface area contributed by atoms with Crippen molar-refractivity contribution in [3.63, 3.8) is 0 Å². The van der Waals surface area contributed by atoms with Crippen molar-refractivity contribution in [1.82, 2.24) is 0 Å². The van der Waals surface area contributed by atoms with E-state index in [4.69, 9.17) is 0 Å². The van der Waals surface area contributed by atoms with Gasteiger partial charge in [0, 0.05) is 6.42 Å². The van der Waals surface area contributed by atoms with Crippen LogP contribution in [0.4, 0.5) is 13.2 Å². The fourth-order valence-electron chi connectivity index (χ4n) is 0.556. The number of alkyl halides is 3. The number of rotatable bonds is 4. The normalized spacial score (nSPS) is 14.1. The van der Waals surface area contributed by atoms with Crippen LogP contribution < -0.4 is 0 Å². The van der Waals surface area contributed by atoms with Crippen LogP contribution in [-0.2, 0) is 9.59 Å². The van der Waals surface area contributed by atoms with E-state index in [-0.39, 0.29) is 12.7 Å². The molecule has 2 nitrogen and oxygen atoms in total. The van der Waals surface area contributed by atoms with E-state index in [0.717, 1.165) is 0 Å². The van der Waals surface area contributed by atoms with Gasteiger partial charge in [-0.05, 0) is 6.42 Å². The van der Waals surface area contributed by atoms with Crippen molar-refractivity contribution in [3.8, 4) is 0 Å². The molecule has 0 aliphatic heterocycles. The molecule has 64 valence electrons. The summed E-state index contributed by atoms with van der Waals surface area (Å²) in [5.41, 5.74) is 0. The molecule has 0 spiro atoms. The van der Waals surface area contributed by atoms with Crippen molar-refractivity contribution in [1.29, 1.82) is 0 Å². The average Bonchev–Trinajstić information content (AvgIpc) is 1.87. The Balaban J connectivity index is 3.95. The standard InChI is InChI=1S/C6H7F3O2/c7-6(8,9)5(4-11)2-1-3-10/h3-5H,1-2H2. The van der Waals surface area contributed by atoms with E-state index in [1.807, 2.05) is 0 Å². The SMILES string of the molecule is O=CCCC(C=O)C(F)(F)F. The lowest BCUT2D eigenvalue weighted by atomic mass is 10.1. The maximum absolute atomic E-state index is 11.7. The van der Waals surface area contributed by atoms with Gasteiger partial charge in [-0.25, -0.2) is 0 Å². The number of carbonyl (C=O) groups is 2. The first-order valence-corrected chi connectivity index (χ1v) is 2.98. The van der Waals surface area contributed by atoms with E-state index in [2.05, 4.69) is 0 Å². The molecule has 0 saturated carbocycles. The number of aldehydes is 2. The molecule has 5 heteroatoms. The van der Waals surface area contributed by atoms with Crippen molar-refractivity contribution in [3.05, 3.63) is 0 Å². The molecule has 0 fully saturated rings. The maximum Gasteiger partial charge on any atom is 0.398 e. The molecular weight excluding hydrogens is 161 g/mol. The highest BCUT2D eigenvalue weighted by Crippen LogP contribution is 2.27. The summed E-state index contributed by atoms with van der Waals surface area (Å²) in [7, 11) is 0. The van der Waals surface area contributed by atoms with Crippen molar-refractivity contribution < 1.29 is 22.8 Å². The second kappa shape index (κ2) is 4.10. The van der Waals surface area contributed by atoms with Crippen LogP contribution in [0.15, 0.2) is 0 Å². The Morgan fingerprint density at radius 1 is 1.27 bits per heavy atom. The lowest BCUT2D eigenvalue weighted by molar-refractivity contribution is -0.175. The van der Waals surface area contributed by atoms with Crippen LogP contribution in [0.1, 0.15) is 12.8 Å². The highest BCUT2D eigenvalue weighted by molar-refractivity contribution is 5.56. The van der Waals surface area contributed by atoms with Crippen molar-refractivity contribution in [2.75, 3.05) is 0 Å². The van der Waals surface area contributed by atoms with Crippen LogP contribution >= 0.6 is 0 Å². The Morgan fingerprint density at radius 3 is 2.09 bits per heavy atom. The molecule has 1 atom stereocenters. The molecule has 0 aromatic rings. The minimum Gasteiger partial charge on any atom is -0.303 e. The van der Waals surface area contributed by atoms with Crippen molar-refractivity contribution >= 4 is 12.6 Å². The van der Waals surface area contributed by atoms with Crippen LogP contribution in [0.2, 0.25) is 0 Å². The maximum atomic E-state index is 11.7. The number of halogens is 3. The summed E-state index contributed by atoms with van der Waals surface area (Å²) in [5, 5.41) is 0. The van der Waals surface area contributed by atoms with Gasteiger partial charge in [0.15, 0.2) is 0 Å². The van der Waals surface area contributed by atoms with Gasteiger partial charge in [0.2, 0.25) is 0 Å². The fraction of sp³-hybridized carbons (Fsp3) is 0.667. The molecule has 0 radical (unpaired) electrons. The third-order valence-corrected chi connectivity index (χ3v) is 1.18. The highest BCUT2D eigenvalue weighted by atomic mass is 19.4. The average molecular weight is 168 g/mol. The Kier molecular flexibility index (Phi) is 3.78. The van der Waals surface area contributed by atoms with Gasteiger partial charge in [-0.15, -0.1) is 0 Å². The minimum absolute atomic E-state index is 0.177. The van der Waals surface area contributed by atoms with E-state index in [0.29, 0.717) is 6.29 Å². The van der Waals surface area contributed by atoms with E-state index in [1.165, 1.54) is 0 Å². The third-order valence-electron chi connectivity index (χ3n) is 1.18. The molecule has 1 unspecified atom stereocenters. The second-order valence-corrected chi connectivity index (χ2v) is 2.03. The largest absolute Gasteiger partial charge is 0.398 e. The first-order valence-electron chi connectivity index (χ1n) is 2.98. The van der Waals surface area contributed by atoms with E-state index in [1.54, 1.807) is 0 Å². The number of hydrogen-bond donors (Lipinski definition) is 0. The molecule has 0 bridgehead atoms. The van der Waals surface area contributed by atoms with Crippen LogP contribution in [0.5, 0.6) is 0 Å². The Bertz CT molecular complexity index is 141. The molecule has 0 aliphatic rings. The van der Waals surface area contributed by atoms with Crippen LogP contribution in [0, 0.1) is 5.92 Å². The van der Waals surface area contributed by atoms with Gasteiger partial charge in [-0.3, -0.25) is 0 Å². The molecule has 0 rings (SSSR count). The smallest absolute Gasteiger partial charge is 0.303 e. The van der Waals surface area contributed by atoms with Gasteiger partial charge in [-0.2, -0.15) is 13.2 Å². The summed E-state index contributed by atoms with van der Waals surface area (Å²) in [4.78, 5) is 19.5. The Labute approximate surface area is 61.4 Å². The van der Waals surface area contributed by atoms with Crippen molar-refractivity contribution in [2.45, 2.75) is 19.0 Å². The van der Waals surface area contributed by atoms with E-state index < -0.39 is 18.5 Å². The van der Waals surface area contributed by atoms with Gasteiger partial charge >= 0.3 is 6.18 Å². The number of hydrogen-bond acceptors (Lipinski definition) is 2. The zero-order valence-electron chi connectivity index (χ0n) is 5.60. The van der Waals surface area contributed by atoms with Crippen LogP contribution in [0.25, 0.3) is 0 Å². The number of carbonyl (C=O) groups excluding carboxylic acids is 2. The summed E-state index contributed by atoms with van der Waals surface area (Å²) in [5.74, 6) is -1.99. The molecular formula is C6H7F3O2. The lowest BCUT2D eigenvalue weighted by Gasteiger charge is -2.11. The van der Waals surface area contributed by atoms with Gasteiger partial charge in [0.25, 0.3) is 0 Å². The molecule has 11 heavy (non-hydrogen) atoms. The topological polar surface area (TPSA) is 34.1 Å². The zero-order valence-corrected chi connectivity index (χ0v) is 5.60. The van der Waals surface area contributed by atoms with Gasteiger partial charge in [0.05, 0.1) is 0 Å². The van der Waals surface area contributed by atoms with E-state index in [9.17, 15) is 22.8 Å². The minimum atomic E-state index is -4.51. The Hall–Kier alpha value is -0.870. The van der Waals surface area contributed by atoms with Gasteiger partial charge < -0.3 is 9.59 Å². The fourth-order valence-corrected chi connectivity index (χ4v) is 0.556. The molecule has 0 amide bonds. The lowest BCUT2D eigenvalue weighted by Crippen LogP contribution is -2.24. The van der Waals surface area contributed by atoms with Gasteiger partial charge in [0.1, 0.15) is 18.5 Å². The molecule has 0 saturated heterocycles. The predicted molar refractivity (Wildman–Crippen MR) is 30.9 cm³/mol. The first kappa shape index (κ1) is 10.1. The summed E-state index contributed by atoms with van der Waals surface area (Å²) in [6, 6.07) is 0. The summed E-state index contributed by atoms with van der Waals surface area (Å²) in [6.45, 7) is 0. The van der Waals surface area contributed by atoms with Crippen LogP contribution in [-0.4, -0.2) is 18.7 Å². The molecule has 0 heterocycles. The van der Waals surface area contributed by atoms with Crippen LogP contribution in [0.3, 0.4) is 0 Å². The van der Waals surface area contributed by atoms with Crippen molar-refractivity contribution in [2.24, 2.45) is 5.92 Å². The summed E-state index contributed by atoms with van der Waals surface area (Å²) >= 11 is 0. The quantitative estimate of drug-likeness (QED) is 0.593. The van der Waals surface area contributed by atoms with E-state index >= 15 is 0 Å². The monoisotopic (exact) mass is 168 g/mol. The van der Waals surface area contributed by atoms with Gasteiger partial charge in [-0.1, -0.05) is 0 Å². The molecule has 0 N–H and O–H groups in total. The molecule has 0 aromatic heterocycles. The molecule has 0 aliphatic carbocycles. The molecule has 0 aromatic carbocycles. The zero-order chi connectivity index (χ0) is 8.91.